The third-order valence-corrected chi connectivity index (χ3v) is 4.06. The highest BCUT2D eigenvalue weighted by molar-refractivity contribution is 5.96. The van der Waals surface area contributed by atoms with Crippen LogP contribution in [0.1, 0.15) is 19.8 Å². The summed E-state index contributed by atoms with van der Waals surface area (Å²) in [5.41, 5.74) is 1.14. The van der Waals surface area contributed by atoms with Crippen molar-refractivity contribution in [2.24, 2.45) is 5.92 Å². The van der Waals surface area contributed by atoms with Gasteiger partial charge in [-0.2, -0.15) is 0 Å². The third kappa shape index (κ3) is 4.56. The lowest BCUT2D eigenvalue weighted by Gasteiger charge is -2.16. The van der Waals surface area contributed by atoms with Crippen LogP contribution in [-0.4, -0.2) is 17.9 Å². The lowest BCUT2D eigenvalue weighted by atomic mass is 10.2. The highest BCUT2D eigenvalue weighted by Crippen LogP contribution is 2.30. The molecule has 1 aliphatic carbocycles. The molecule has 2 aromatic carbocycles. The molecule has 1 fully saturated rings. The Morgan fingerprint density at radius 2 is 1.65 bits per heavy atom. The van der Waals surface area contributed by atoms with Gasteiger partial charge >= 0.3 is 0 Å². The van der Waals surface area contributed by atoms with Crippen LogP contribution in [0.25, 0.3) is 0 Å². The molecular weight excluding hydrogens is 340 g/mol. The number of hydrogen-bond acceptors (Lipinski definition) is 3. The van der Waals surface area contributed by atoms with Crippen LogP contribution in [0.4, 0.5) is 25.8 Å². The normalized spacial score (nSPS) is 14.4. The first kappa shape index (κ1) is 17.8. The summed E-state index contributed by atoms with van der Waals surface area (Å²) < 4.78 is 26.8. The van der Waals surface area contributed by atoms with E-state index in [0.29, 0.717) is 11.4 Å². The maximum Gasteiger partial charge on any atom is 0.246 e. The number of carbonyl (C=O) groups excluding carboxylic acids is 2. The van der Waals surface area contributed by atoms with Crippen LogP contribution >= 0.6 is 0 Å². The summed E-state index contributed by atoms with van der Waals surface area (Å²) in [6.45, 7) is 1.61. The zero-order valence-electron chi connectivity index (χ0n) is 14.2. The van der Waals surface area contributed by atoms with Gasteiger partial charge in [-0.25, -0.2) is 8.78 Å². The Bertz CT molecular complexity index is 820. The number of benzene rings is 2. The van der Waals surface area contributed by atoms with Crippen molar-refractivity contribution in [2.45, 2.75) is 25.8 Å². The minimum atomic E-state index is -0.706. The van der Waals surface area contributed by atoms with Crippen molar-refractivity contribution in [1.82, 2.24) is 0 Å². The summed E-state index contributed by atoms with van der Waals surface area (Å²) in [4.78, 5) is 23.9. The van der Waals surface area contributed by atoms with Crippen LogP contribution in [0.15, 0.2) is 42.5 Å². The zero-order chi connectivity index (χ0) is 18.7. The van der Waals surface area contributed by atoms with Crippen molar-refractivity contribution in [1.29, 1.82) is 0 Å². The minimum absolute atomic E-state index is 0.0237. The van der Waals surface area contributed by atoms with Crippen LogP contribution in [0.5, 0.6) is 0 Å². The highest BCUT2D eigenvalue weighted by Gasteiger charge is 2.29. The van der Waals surface area contributed by atoms with Gasteiger partial charge in [0.15, 0.2) is 0 Å². The van der Waals surface area contributed by atoms with Crippen molar-refractivity contribution in [3.05, 3.63) is 54.1 Å². The molecule has 0 saturated heterocycles. The molecule has 0 bridgehead atoms. The first-order valence-corrected chi connectivity index (χ1v) is 8.36. The van der Waals surface area contributed by atoms with Gasteiger partial charge in [0, 0.05) is 23.4 Å². The molecule has 0 heterocycles. The summed E-state index contributed by atoms with van der Waals surface area (Å²) in [7, 11) is 0. The highest BCUT2D eigenvalue weighted by atomic mass is 19.1. The molecule has 0 aromatic heterocycles. The third-order valence-electron chi connectivity index (χ3n) is 4.06. The molecular formula is C19H19F2N3O2. The predicted octanol–water partition coefficient (Wildman–Crippen LogP) is 3.75. The fraction of sp³-hybridized carbons (Fsp3) is 0.263. The average molecular weight is 359 g/mol. The molecule has 0 unspecified atom stereocenters. The molecule has 0 aliphatic heterocycles. The summed E-state index contributed by atoms with van der Waals surface area (Å²) >= 11 is 0. The second-order valence-corrected chi connectivity index (χ2v) is 6.32. The minimum Gasteiger partial charge on any atom is -0.374 e. The molecule has 0 spiro atoms. The molecule has 2 amide bonds. The van der Waals surface area contributed by atoms with Gasteiger partial charge in [0.05, 0.1) is 5.69 Å². The monoisotopic (exact) mass is 359 g/mol. The van der Waals surface area contributed by atoms with Crippen molar-refractivity contribution in [3.8, 4) is 0 Å². The van der Waals surface area contributed by atoms with Gasteiger partial charge in [-0.15, -0.1) is 0 Å². The molecule has 3 N–H and O–H groups in total. The van der Waals surface area contributed by atoms with Gasteiger partial charge < -0.3 is 16.0 Å². The molecule has 5 nitrogen and oxygen atoms in total. The second-order valence-electron chi connectivity index (χ2n) is 6.32. The number of amides is 2. The Kier molecular flexibility index (Phi) is 5.16. The zero-order valence-corrected chi connectivity index (χ0v) is 14.2. The maximum atomic E-state index is 13.6. The Hall–Kier alpha value is -2.96. The first-order chi connectivity index (χ1) is 12.4. The molecule has 2 aromatic rings. The van der Waals surface area contributed by atoms with E-state index in [1.807, 2.05) is 0 Å². The van der Waals surface area contributed by atoms with E-state index in [0.717, 1.165) is 31.0 Å². The van der Waals surface area contributed by atoms with Crippen LogP contribution < -0.4 is 16.0 Å². The van der Waals surface area contributed by atoms with Gasteiger partial charge in [-0.3, -0.25) is 9.59 Å². The molecule has 0 radical (unpaired) electrons. The number of halogens is 2. The van der Waals surface area contributed by atoms with Crippen molar-refractivity contribution < 1.29 is 18.4 Å². The Morgan fingerprint density at radius 3 is 2.31 bits per heavy atom. The van der Waals surface area contributed by atoms with Gasteiger partial charge in [-0.05, 0) is 56.2 Å². The number of carbonyl (C=O) groups is 2. The van der Waals surface area contributed by atoms with Gasteiger partial charge in [0.1, 0.15) is 17.7 Å². The van der Waals surface area contributed by atoms with Crippen LogP contribution in [-0.2, 0) is 9.59 Å². The Labute approximate surface area is 149 Å². The van der Waals surface area contributed by atoms with E-state index in [1.165, 1.54) is 0 Å². The molecule has 1 atom stereocenters. The fourth-order valence-electron chi connectivity index (χ4n) is 2.39. The van der Waals surface area contributed by atoms with E-state index in [4.69, 9.17) is 0 Å². The van der Waals surface area contributed by atoms with Crippen molar-refractivity contribution in [3.63, 3.8) is 0 Å². The summed E-state index contributed by atoms with van der Waals surface area (Å²) in [5.74, 6) is -1.69. The van der Waals surface area contributed by atoms with E-state index < -0.39 is 23.6 Å². The SMILES string of the molecule is C[C@@H](Nc1ccc(NC(=O)C2CC2)cc1)C(=O)Nc1cc(F)ccc1F. The second kappa shape index (κ2) is 7.51. The van der Waals surface area contributed by atoms with E-state index in [9.17, 15) is 18.4 Å². The van der Waals surface area contributed by atoms with Gasteiger partial charge in [0.25, 0.3) is 0 Å². The first-order valence-electron chi connectivity index (χ1n) is 8.36. The quantitative estimate of drug-likeness (QED) is 0.736. The number of hydrogen-bond donors (Lipinski definition) is 3. The Balaban J connectivity index is 1.56. The largest absolute Gasteiger partial charge is 0.374 e. The van der Waals surface area contributed by atoms with E-state index >= 15 is 0 Å². The maximum absolute atomic E-state index is 13.6. The molecule has 1 saturated carbocycles. The van der Waals surface area contributed by atoms with Crippen LogP contribution in [0.3, 0.4) is 0 Å². The van der Waals surface area contributed by atoms with Gasteiger partial charge in [-0.1, -0.05) is 0 Å². The predicted molar refractivity (Wildman–Crippen MR) is 95.9 cm³/mol. The standard InChI is InChI=1S/C19H19F2N3O2/c1-11(18(25)24-17-10-13(20)4-9-16(17)21)22-14-5-7-15(8-6-14)23-19(26)12-2-3-12/h4-12,22H,2-3H2,1H3,(H,23,26)(H,24,25)/t11-/m1/s1. The smallest absolute Gasteiger partial charge is 0.246 e. The van der Waals surface area contributed by atoms with Crippen molar-refractivity contribution in [2.75, 3.05) is 16.0 Å². The van der Waals surface area contributed by atoms with Crippen LogP contribution in [0.2, 0.25) is 0 Å². The van der Waals surface area contributed by atoms with E-state index in [2.05, 4.69) is 16.0 Å². The number of nitrogens with one attached hydrogen (secondary N) is 3. The molecule has 3 rings (SSSR count). The summed E-state index contributed by atoms with van der Waals surface area (Å²) in [5, 5.41) is 8.15. The lowest BCUT2D eigenvalue weighted by Crippen LogP contribution is -2.32. The van der Waals surface area contributed by atoms with E-state index in [-0.39, 0.29) is 17.5 Å². The molecule has 26 heavy (non-hydrogen) atoms. The fourth-order valence-corrected chi connectivity index (χ4v) is 2.39. The van der Waals surface area contributed by atoms with Gasteiger partial charge in [0.2, 0.25) is 11.8 Å². The van der Waals surface area contributed by atoms with E-state index in [1.54, 1.807) is 31.2 Å². The average Bonchev–Trinajstić information content (AvgIpc) is 3.45. The van der Waals surface area contributed by atoms with Crippen molar-refractivity contribution >= 4 is 28.9 Å². The Morgan fingerprint density at radius 1 is 1.00 bits per heavy atom. The summed E-state index contributed by atoms with van der Waals surface area (Å²) in [6.07, 6.45) is 1.87. The molecule has 7 heteroatoms. The summed E-state index contributed by atoms with van der Waals surface area (Å²) in [6, 6.07) is 9.12. The molecule has 1 aliphatic rings. The lowest BCUT2D eigenvalue weighted by molar-refractivity contribution is -0.117. The number of anilines is 3. The number of rotatable bonds is 6. The molecule has 136 valence electrons. The topological polar surface area (TPSA) is 70.2 Å². The van der Waals surface area contributed by atoms with Crippen LogP contribution in [0, 0.1) is 17.6 Å².